The number of halogens is 1. The van der Waals surface area contributed by atoms with Gasteiger partial charge in [-0.3, -0.25) is 0 Å². The molecular weight excluding hydrogens is 404 g/mol. The Morgan fingerprint density at radius 3 is 2.58 bits per heavy atom. The SMILES string of the molecule is CC(C)CCC[C@@H](C)[C@H]1CC[C@H]2[C@H]3CC=C4C[C@@H](OC(=O)Cl)CC[C@]4(C)[C@H]3CC[C@]12C. The maximum absolute atomic E-state index is 11.2. The fourth-order valence-electron chi connectivity index (χ4n) is 8.88. The summed E-state index contributed by atoms with van der Waals surface area (Å²) in [4.78, 5) is 11.2. The molecule has 0 amide bonds. The highest BCUT2D eigenvalue weighted by Crippen LogP contribution is 2.67. The lowest BCUT2D eigenvalue weighted by Crippen LogP contribution is -2.51. The molecule has 4 aliphatic rings. The van der Waals surface area contributed by atoms with Gasteiger partial charge in [0.15, 0.2) is 0 Å². The van der Waals surface area contributed by atoms with Crippen LogP contribution in [0.1, 0.15) is 105 Å². The Labute approximate surface area is 195 Å². The van der Waals surface area contributed by atoms with Crippen LogP contribution in [0.2, 0.25) is 0 Å². The van der Waals surface area contributed by atoms with Crippen molar-refractivity contribution in [2.75, 3.05) is 0 Å². The molecule has 0 heterocycles. The largest absolute Gasteiger partial charge is 0.450 e. The van der Waals surface area contributed by atoms with Gasteiger partial charge < -0.3 is 4.74 Å². The Balaban J connectivity index is 1.47. The molecule has 0 bridgehead atoms. The van der Waals surface area contributed by atoms with E-state index >= 15 is 0 Å². The van der Waals surface area contributed by atoms with Gasteiger partial charge in [0.1, 0.15) is 6.10 Å². The zero-order valence-electron chi connectivity index (χ0n) is 20.6. The normalized spacial score (nSPS) is 42.9. The van der Waals surface area contributed by atoms with E-state index in [4.69, 9.17) is 16.3 Å². The molecule has 0 aromatic rings. The number of fused-ring (bicyclic) bond motifs is 5. The molecule has 8 atom stereocenters. The Morgan fingerprint density at radius 2 is 1.87 bits per heavy atom. The van der Waals surface area contributed by atoms with Crippen LogP contribution in [0.4, 0.5) is 4.79 Å². The predicted octanol–water partition coefficient (Wildman–Crippen LogP) is 8.77. The van der Waals surface area contributed by atoms with Crippen LogP contribution >= 0.6 is 11.6 Å². The van der Waals surface area contributed by atoms with Crippen LogP contribution < -0.4 is 0 Å². The molecule has 3 saturated carbocycles. The predicted molar refractivity (Wildman–Crippen MR) is 129 cm³/mol. The number of carbonyl (C=O) groups is 1. The first-order valence-electron chi connectivity index (χ1n) is 13.2. The van der Waals surface area contributed by atoms with Gasteiger partial charge in [-0.15, -0.1) is 0 Å². The minimum absolute atomic E-state index is 0.0164. The molecule has 176 valence electrons. The average Bonchev–Trinajstić information content (AvgIpc) is 3.05. The molecule has 0 radical (unpaired) electrons. The molecule has 4 aliphatic carbocycles. The second kappa shape index (κ2) is 9.03. The first kappa shape index (κ1) is 23.7. The van der Waals surface area contributed by atoms with Crippen molar-refractivity contribution in [2.24, 2.45) is 46.3 Å². The average molecular weight is 449 g/mol. The van der Waals surface area contributed by atoms with E-state index in [9.17, 15) is 4.79 Å². The van der Waals surface area contributed by atoms with Gasteiger partial charge in [0, 0.05) is 18.0 Å². The minimum atomic E-state index is -0.643. The Hall–Kier alpha value is -0.500. The second-order valence-corrected chi connectivity index (χ2v) is 12.8. The summed E-state index contributed by atoms with van der Waals surface area (Å²) >= 11 is 5.51. The van der Waals surface area contributed by atoms with Crippen LogP contribution in [0, 0.1) is 46.3 Å². The zero-order chi connectivity index (χ0) is 22.4. The summed E-state index contributed by atoms with van der Waals surface area (Å²) in [6.45, 7) is 12.5. The first-order valence-corrected chi connectivity index (χ1v) is 13.6. The lowest BCUT2D eigenvalue weighted by Gasteiger charge is -2.58. The standard InChI is InChI=1S/C28H45ClO2/c1-18(2)7-6-8-19(3)23-11-12-24-22-10-9-20-17-21(31-26(29)30)13-15-27(20,4)25(22)14-16-28(23,24)5/h9,18-19,21-25H,6-8,10-17H2,1-5H3/t19-,21+,22-,23-,24+,25+,27+,28-/m1/s1. The topological polar surface area (TPSA) is 26.3 Å². The van der Waals surface area contributed by atoms with Gasteiger partial charge >= 0.3 is 5.43 Å². The van der Waals surface area contributed by atoms with Crippen LogP contribution in [0.5, 0.6) is 0 Å². The van der Waals surface area contributed by atoms with Gasteiger partial charge in [-0.05, 0) is 91.3 Å². The molecule has 31 heavy (non-hydrogen) atoms. The third-order valence-corrected chi connectivity index (χ3v) is 10.6. The molecule has 4 rings (SSSR count). The fourth-order valence-corrected chi connectivity index (χ4v) is 9.01. The Bertz CT molecular complexity index is 699. The van der Waals surface area contributed by atoms with Crippen LogP contribution in [0.3, 0.4) is 0 Å². The monoisotopic (exact) mass is 448 g/mol. The Morgan fingerprint density at radius 1 is 1.10 bits per heavy atom. The molecule has 0 unspecified atom stereocenters. The first-order chi connectivity index (χ1) is 14.6. The third kappa shape index (κ3) is 4.36. The zero-order valence-corrected chi connectivity index (χ0v) is 21.3. The van der Waals surface area contributed by atoms with Crippen molar-refractivity contribution in [3.8, 4) is 0 Å². The summed E-state index contributed by atoms with van der Waals surface area (Å²) in [6, 6.07) is 0. The van der Waals surface area contributed by atoms with E-state index in [0.717, 1.165) is 54.8 Å². The molecule has 3 fully saturated rings. The highest BCUT2D eigenvalue weighted by molar-refractivity contribution is 6.61. The number of carbonyl (C=O) groups excluding carboxylic acids is 1. The molecule has 0 saturated heterocycles. The van der Waals surface area contributed by atoms with Gasteiger partial charge in [0.2, 0.25) is 0 Å². The van der Waals surface area contributed by atoms with E-state index in [0.29, 0.717) is 10.8 Å². The van der Waals surface area contributed by atoms with Gasteiger partial charge in [-0.25, -0.2) is 4.79 Å². The molecule has 2 nitrogen and oxygen atoms in total. The lowest BCUT2D eigenvalue weighted by atomic mass is 9.47. The van der Waals surface area contributed by atoms with Crippen LogP contribution in [0.15, 0.2) is 11.6 Å². The molecular formula is C28H45ClO2. The van der Waals surface area contributed by atoms with Crippen molar-refractivity contribution < 1.29 is 9.53 Å². The summed E-state index contributed by atoms with van der Waals surface area (Å²) < 4.78 is 5.38. The van der Waals surface area contributed by atoms with E-state index < -0.39 is 5.43 Å². The second-order valence-electron chi connectivity index (χ2n) is 12.5. The Kier molecular flexibility index (Phi) is 6.89. The summed E-state index contributed by atoms with van der Waals surface area (Å²) in [5.41, 5.74) is 1.77. The van der Waals surface area contributed by atoms with E-state index in [1.54, 1.807) is 5.57 Å². The molecule has 0 spiro atoms. The summed E-state index contributed by atoms with van der Waals surface area (Å²) in [5.74, 6) is 5.19. The van der Waals surface area contributed by atoms with Crippen molar-refractivity contribution >= 4 is 17.0 Å². The van der Waals surface area contributed by atoms with E-state index in [1.807, 2.05) is 0 Å². The van der Waals surface area contributed by atoms with Crippen molar-refractivity contribution in [1.29, 1.82) is 0 Å². The maximum atomic E-state index is 11.2. The summed E-state index contributed by atoms with van der Waals surface area (Å²) in [7, 11) is 0. The molecule has 0 aromatic heterocycles. The fraction of sp³-hybridized carbons (Fsp3) is 0.893. The van der Waals surface area contributed by atoms with E-state index in [2.05, 4.69) is 40.7 Å². The van der Waals surface area contributed by atoms with Crippen molar-refractivity contribution in [3.63, 3.8) is 0 Å². The quantitative estimate of drug-likeness (QED) is 0.299. The number of rotatable bonds is 6. The summed E-state index contributed by atoms with van der Waals surface area (Å²) in [5, 5.41) is 0. The van der Waals surface area contributed by atoms with Crippen LogP contribution in [-0.4, -0.2) is 11.5 Å². The van der Waals surface area contributed by atoms with Gasteiger partial charge in [0.05, 0.1) is 0 Å². The lowest BCUT2D eigenvalue weighted by molar-refractivity contribution is -0.0573. The third-order valence-electron chi connectivity index (χ3n) is 10.5. The highest BCUT2D eigenvalue weighted by Gasteiger charge is 2.59. The van der Waals surface area contributed by atoms with Gasteiger partial charge in [-0.2, -0.15) is 0 Å². The van der Waals surface area contributed by atoms with Crippen molar-refractivity contribution in [3.05, 3.63) is 11.6 Å². The van der Waals surface area contributed by atoms with Crippen LogP contribution in [0.25, 0.3) is 0 Å². The molecule has 0 aliphatic heterocycles. The number of hydrogen-bond donors (Lipinski definition) is 0. The number of ether oxygens (including phenoxy) is 1. The van der Waals surface area contributed by atoms with Gasteiger partial charge in [0.25, 0.3) is 0 Å². The highest BCUT2D eigenvalue weighted by atomic mass is 35.5. The number of allylic oxidation sites excluding steroid dienone is 1. The molecule has 0 aromatic carbocycles. The number of hydrogen-bond acceptors (Lipinski definition) is 2. The molecule has 0 N–H and O–H groups in total. The molecule has 3 heteroatoms. The van der Waals surface area contributed by atoms with E-state index in [-0.39, 0.29) is 6.10 Å². The summed E-state index contributed by atoms with van der Waals surface area (Å²) in [6.07, 6.45) is 16.7. The van der Waals surface area contributed by atoms with Gasteiger partial charge in [-0.1, -0.05) is 65.5 Å². The maximum Gasteiger partial charge on any atom is 0.404 e. The smallest absolute Gasteiger partial charge is 0.404 e. The van der Waals surface area contributed by atoms with Crippen molar-refractivity contribution in [1.82, 2.24) is 0 Å². The van der Waals surface area contributed by atoms with Crippen LogP contribution in [-0.2, 0) is 4.74 Å². The van der Waals surface area contributed by atoms with Crippen molar-refractivity contribution in [2.45, 2.75) is 111 Å². The minimum Gasteiger partial charge on any atom is -0.450 e. The van der Waals surface area contributed by atoms with E-state index in [1.165, 1.54) is 51.4 Å².